The Labute approximate surface area is 180 Å². The zero-order valence-corrected chi connectivity index (χ0v) is 18.9. The van der Waals surface area contributed by atoms with Crippen LogP contribution in [0.4, 0.5) is 0 Å². The molecule has 0 saturated carbocycles. The summed E-state index contributed by atoms with van der Waals surface area (Å²) in [6, 6.07) is 23.9. The van der Waals surface area contributed by atoms with E-state index in [4.69, 9.17) is 9.40 Å². The van der Waals surface area contributed by atoms with E-state index in [0.717, 1.165) is 23.4 Å². The van der Waals surface area contributed by atoms with E-state index in [9.17, 15) is 0 Å². The van der Waals surface area contributed by atoms with Crippen LogP contribution in [0.3, 0.4) is 0 Å². The van der Waals surface area contributed by atoms with Crippen LogP contribution < -0.4 is 0 Å². The summed E-state index contributed by atoms with van der Waals surface area (Å²) in [7, 11) is 0. The summed E-state index contributed by atoms with van der Waals surface area (Å²) in [6.45, 7) is 13.2. The first kappa shape index (κ1) is 20.4. The van der Waals surface area contributed by atoms with Gasteiger partial charge in [0.15, 0.2) is 5.58 Å². The third-order valence-corrected chi connectivity index (χ3v) is 5.99. The summed E-state index contributed by atoms with van der Waals surface area (Å²) in [5.41, 5.74) is 8.05. The number of fused-ring (bicyclic) bond motifs is 1. The predicted molar refractivity (Wildman–Crippen MR) is 125 cm³/mol. The van der Waals surface area contributed by atoms with Crippen molar-refractivity contribution in [2.75, 3.05) is 0 Å². The van der Waals surface area contributed by atoms with Gasteiger partial charge in [-0.25, -0.2) is 4.98 Å². The molecule has 0 bridgehead atoms. The van der Waals surface area contributed by atoms with Crippen LogP contribution in [0, 0.1) is 6.92 Å². The minimum Gasteiger partial charge on any atom is -0.440 e. The number of aromatic nitrogens is 1. The summed E-state index contributed by atoms with van der Waals surface area (Å²) in [5.74, 6) is 0.757. The Kier molecular flexibility index (Phi) is 5.05. The molecule has 0 saturated heterocycles. The van der Waals surface area contributed by atoms with Crippen LogP contribution in [0.15, 0.2) is 71.1 Å². The lowest BCUT2D eigenvalue weighted by Crippen LogP contribution is -2.19. The minimum atomic E-state index is -0.282. The van der Waals surface area contributed by atoms with E-state index in [1.165, 1.54) is 27.8 Å². The van der Waals surface area contributed by atoms with Crippen LogP contribution in [-0.2, 0) is 17.3 Å². The number of nitrogens with zero attached hydrogens (tertiary/aromatic N) is 1. The van der Waals surface area contributed by atoms with Crippen molar-refractivity contribution in [3.8, 4) is 0 Å². The van der Waals surface area contributed by atoms with Crippen molar-refractivity contribution in [3.63, 3.8) is 0 Å². The largest absolute Gasteiger partial charge is 0.440 e. The number of hydrogen-bond acceptors (Lipinski definition) is 2. The highest BCUT2D eigenvalue weighted by Gasteiger charge is 2.29. The molecule has 30 heavy (non-hydrogen) atoms. The van der Waals surface area contributed by atoms with Crippen LogP contribution >= 0.6 is 0 Å². The van der Waals surface area contributed by atoms with Crippen LogP contribution in [0.25, 0.3) is 11.1 Å². The molecule has 0 aliphatic heterocycles. The Morgan fingerprint density at radius 3 is 1.97 bits per heavy atom. The second kappa shape index (κ2) is 7.43. The molecule has 0 aliphatic rings. The molecule has 154 valence electrons. The Balaban J connectivity index is 1.60. The SMILES string of the molecule is Cc1ccc(C(C)(C)c2nc3cc(Cc4ccc(C(C)(C)C)cc4)ccc3o2)cc1. The number of aryl methyl sites for hydroxylation is 1. The van der Waals surface area contributed by atoms with Gasteiger partial charge in [-0.05, 0) is 67.0 Å². The number of rotatable bonds is 4. The number of hydrogen-bond donors (Lipinski definition) is 0. The molecule has 4 rings (SSSR count). The highest BCUT2D eigenvalue weighted by molar-refractivity contribution is 5.74. The Bertz CT molecular complexity index is 1160. The van der Waals surface area contributed by atoms with Gasteiger partial charge in [-0.15, -0.1) is 0 Å². The Morgan fingerprint density at radius 2 is 1.33 bits per heavy atom. The zero-order valence-electron chi connectivity index (χ0n) is 18.9. The quantitative estimate of drug-likeness (QED) is 0.360. The molecule has 0 spiro atoms. The second-order valence-corrected chi connectivity index (χ2v) is 9.94. The van der Waals surface area contributed by atoms with Crippen molar-refractivity contribution in [2.24, 2.45) is 0 Å². The van der Waals surface area contributed by atoms with E-state index >= 15 is 0 Å². The molecule has 1 heterocycles. The molecule has 0 unspecified atom stereocenters. The first-order valence-corrected chi connectivity index (χ1v) is 10.7. The van der Waals surface area contributed by atoms with E-state index < -0.39 is 0 Å². The van der Waals surface area contributed by atoms with Crippen LogP contribution in [0.1, 0.15) is 68.3 Å². The molecule has 0 radical (unpaired) electrons. The molecule has 0 atom stereocenters. The van der Waals surface area contributed by atoms with Gasteiger partial charge >= 0.3 is 0 Å². The fourth-order valence-electron chi connectivity index (χ4n) is 3.80. The van der Waals surface area contributed by atoms with Crippen molar-refractivity contribution in [1.29, 1.82) is 0 Å². The topological polar surface area (TPSA) is 26.0 Å². The average Bonchev–Trinajstić information content (AvgIpc) is 3.12. The van der Waals surface area contributed by atoms with Crippen LogP contribution in [0.2, 0.25) is 0 Å². The summed E-state index contributed by atoms with van der Waals surface area (Å²) in [4.78, 5) is 4.87. The van der Waals surface area contributed by atoms with Crippen molar-refractivity contribution >= 4 is 11.1 Å². The van der Waals surface area contributed by atoms with Gasteiger partial charge in [-0.1, -0.05) is 80.9 Å². The molecule has 0 N–H and O–H groups in total. The smallest absolute Gasteiger partial charge is 0.205 e. The lowest BCUT2D eigenvalue weighted by atomic mass is 9.84. The molecule has 3 aromatic carbocycles. The fraction of sp³-hybridized carbons (Fsp3) is 0.321. The van der Waals surface area contributed by atoms with E-state index in [1.807, 2.05) is 0 Å². The average molecular weight is 398 g/mol. The van der Waals surface area contributed by atoms with Gasteiger partial charge in [0.05, 0.1) is 5.41 Å². The zero-order chi connectivity index (χ0) is 21.5. The molecule has 4 aromatic rings. The lowest BCUT2D eigenvalue weighted by Gasteiger charge is -2.21. The van der Waals surface area contributed by atoms with E-state index in [1.54, 1.807) is 0 Å². The normalized spacial score (nSPS) is 12.5. The van der Waals surface area contributed by atoms with E-state index in [-0.39, 0.29) is 10.8 Å². The van der Waals surface area contributed by atoms with Gasteiger partial charge in [0.25, 0.3) is 0 Å². The number of benzene rings is 3. The predicted octanol–water partition coefficient (Wildman–Crippen LogP) is 7.35. The lowest BCUT2D eigenvalue weighted by molar-refractivity contribution is 0.433. The van der Waals surface area contributed by atoms with Crippen molar-refractivity contribution in [3.05, 3.63) is 100 Å². The molecule has 2 heteroatoms. The van der Waals surface area contributed by atoms with Gasteiger partial charge in [0.1, 0.15) is 5.52 Å². The highest BCUT2D eigenvalue weighted by atomic mass is 16.3. The minimum absolute atomic E-state index is 0.179. The molecular formula is C28H31NO. The molecular weight excluding hydrogens is 366 g/mol. The second-order valence-electron chi connectivity index (χ2n) is 9.94. The Morgan fingerprint density at radius 1 is 0.733 bits per heavy atom. The van der Waals surface area contributed by atoms with Crippen LogP contribution in [0.5, 0.6) is 0 Å². The third-order valence-electron chi connectivity index (χ3n) is 5.99. The summed E-state index contributed by atoms with van der Waals surface area (Å²) in [6.07, 6.45) is 0.893. The van der Waals surface area contributed by atoms with Crippen molar-refractivity contribution < 1.29 is 4.42 Å². The fourth-order valence-corrected chi connectivity index (χ4v) is 3.80. The first-order chi connectivity index (χ1) is 14.1. The van der Waals surface area contributed by atoms with E-state index in [0.29, 0.717) is 0 Å². The van der Waals surface area contributed by atoms with Gasteiger partial charge in [-0.3, -0.25) is 0 Å². The van der Waals surface area contributed by atoms with E-state index in [2.05, 4.69) is 108 Å². The maximum absolute atomic E-state index is 6.16. The van der Waals surface area contributed by atoms with Gasteiger partial charge in [0, 0.05) is 0 Å². The molecule has 2 nitrogen and oxygen atoms in total. The van der Waals surface area contributed by atoms with Gasteiger partial charge in [-0.2, -0.15) is 0 Å². The summed E-state index contributed by atoms with van der Waals surface area (Å²) in [5, 5.41) is 0. The first-order valence-electron chi connectivity index (χ1n) is 10.7. The Hall–Kier alpha value is -2.87. The third kappa shape index (κ3) is 4.05. The van der Waals surface area contributed by atoms with Gasteiger partial charge in [0.2, 0.25) is 5.89 Å². The summed E-state index contributed by atoms with van der Waals surface area (Å²) < 4.78 is 6.16. The molecule has 0 fully saturated rings. The van der Waals surface area contributed by atoms with Gasteiger partial charge < -0.3 is 4.42 Å². The molecule has 0 aliphatic carbocycles. The maximum Gasteiger partial charge on any atom is 0.205 e. The monoisotopic (exact) mass is 397 g/mol. The maximum atomic E-state index is 6.16. The number of oxazole rings is 1. The van der Waals surface area contributed by atoms with Crippen LogP contribution in [-0.4, -0.2) is 4.98 Å². The van der Waals surface area contributed by atoms with Crippen molar-refractivity contribution in [2.45, 2.75) is 58.8 Å². The molecule has 0 amide bonds. The standard InChI is InChI=1S/C28H31NO/c1-19-7-12-23(13-8-19)28(5,6)26-29-24-18-21(11-16-25(24)30-26)17-20-9-14-22(15-10-20)27(2,3)4/h7-16,18H,17H2,1-6H3. The van der Waals surface area contributed by atoms with Crippen molar-refractivity contribution in [1.82, 2.24) is 4.98 Å². The summed E-state index contributed by atoms with van der Waals surface area (Å²) >= 11 is 0. The molecule has 1 aromatic heterocycles. The highest BCUT2D eigenvalue weighted by Crippen LogP contribution is 2.33.